The number of rotatable bonds is 7. The summed E-state index contributed by atoms with van der Waals surface area (Å²) in [7, 11) is 0. The third-order valence-corrected chi connectivity index (χ3v) is 6.20. The molecule has 0 saturated heterocycles. The highest BCUT2D eigenvalue weighted by molar-refractivity contribution is 7.11. The minimum atomic E-state index is 0.0853. The Bertz CT molecular complexity index is 857. The molecule has 1 N–H and O–H groups in total. The van der Waals surface area contributed by atoms with Crippen LogP contribution in [0.2, 0.25) is 0 Å². The minimum absolute atomic E-state index is 0.0853. The summed E-state index contributed by atoms with van der Waals surface area (Å²) in [5.41, 5.74) is 3.47. The Balaban J connectivity index is 1.20. The van der Waals surface area contributed by atoms with Gasteiger partial charge in [0.2, 0.25) is 5.91 Å². The van der Waals surface area contributed by atoms with Crippen LogP contribution >= 0.6 is 11.3 Å². The molecule has 1 aliphatic carbocycles. The lowest BCUT2D eigenvalue weighted by Gasteiger charge is -2.07. The highest BCUT2D eigenvalue weighted by Crippen LogP contribution is 2.27. The SMILES string of the molecule is O=C(Cc1ccc(-n2cccc2)cc1)NCCCc1nc2c(s1)CCCC2. The van der Waals surface area contributed by atoms with E-state index in [1.807, 2.05) is 60.1 Å². The Morgan fingerprint density at radius 2 is 1.89 bits per heavy atom. The van der Waals surface area contributed by atoms with Crippen molar-refractivity contribution in [2.75, 3.05) is 6.54 Å². The van der Waals surface area contributed by atoms with Gasteiger partial charge in [0.05, 0.1) is 17.1 Å². The first-order valence-electron chi connectivity index (χ1n) is 9.74. The molecule has 0 aliphatic heterocycles. The quantitative estimate of drug-likeness (QED) is 0.628. The third kappa shape index (κ3) is 4.66. The summed E-state index contributed by atoms with van der Waals surface area (Å²) in [5, 5.41) is 4.27. The zero-order valence-corrected chi connectivity index (χ0v) is 16.3. The predicted molar refractivity (Wildman–Crippen MR) is 110 cm³/mol. The van der Waals surface area contributed by atoms with Gasteiger partial charge in [-0.2, -0.15) is 0 Å². The molecule has 1 amide bonds. The van der Waals surface area contributed by atoms with Crippen LogP contribution in [-0.2, 0) is 30.5 Å². The van der Waals surface area contributed by atoms with E-state index in [4.69, 9.17) is 4.98 Å². The van der Waals surface area contributed by atoms with Crippen LogP contribution in [0.1, 0.15) is 40.4 Å². The number of hydrogen-bond acceptors (Lipinski definition) is 3. The van der Waals surface area contributed by atoms with Crippen LogP contribution in [-0.4, -0.2) is 22.0 Å². The van der Waals surface area contributed by atoms with Crippen LogP contribution in [0.3, 0.4) is 0 Å². The highest BCUT2D eigenvalue weighted by Gasteiger charge is 2.14. The van der Waals surface area contributed by atoms with E-state index in [-0.39, 0.29) is 5.91 Å². The van der Waals surface area contributed by atoms with Gasteiger partial charge in [0, 0.05) is 35.9 Å². The van der Waals surface area contributed by atoms with Gasteiger partial charge < -0.3 is 9.88 Å². The van der Waals surface area contributed by atoms with Crippen molar-refractivity contribution in [2.45, 2.75) is 44.9 Å². The fourth-order valence-corrected chi connectivity index (χ4v) is 4.72. The molecule has 4 nitrogen and oxygen atoms in total. The van der Waals surface area contributed by atoms with Crippen molar-refractivity contribution in [3.8, 4) is 5.69 Å². The Labute approximate surface area is 164 Å². The lowest BCUT2D eigenvalue weighted by Crippen LogP contribution is -2.26. The van der Waals surface area contributed by atoms with Gasteiger partial charge in [0.15, 0.2) is 0 Å². The number of thiazole rings is 1. The molecule has 0 fully saturated rings. The number of hydrogen-bond donors (Lipinski definition) is 1. The number of fused-ring (bicyclic) bond motifs is 1. The Morgan fingerprint density at radius 3 is 2.67 bits per heavy atom. The fourth-order valence-electron chi connectivity index (χ4n) is 3.52. The van der Waals surface area contributed by atoms with Gasteiger partial charge in [-0.15, -0.1) is 11.3 Å². The second-order valence-corrected chi connectivity index (χ2v) is 8.24. The number of nitrogens with one attached hydrogen (secondary N) is 1. The summed E-state index contributed by atoms with van der Waals surface area (Å²) in [6.45, 7) is 0.713. The van der Waals surface area contributed by atoms with Crippen LogP contribution in [0.25, 0.3) is 5.69 Å². The van der Waals surface area contributed by atoms with Crippen molar-refractivity contribution in [2.24, 2.45) is 0 Å². The number of carbonyl (C=O) groups excluding carboxylic acids is 1. The summed E-state index contributed by atoms with van der Waals surface area (Å²) < 4.78 is 2.06. The van der Waals surface area contributed by atoms with Crippen LogP contribution in [0.5, 0.6) is 0 Å². The monoisotopic (exact) mass is 379 g/mol. The molecule has 1 aliphatic rings. The molecule has 0 bridgehead atoms. The first-order valence-corrected chi connectivity index (χ1v) is 10.6. The zero-order chi connectivity index (χ0) is 18.5. The molecule has 0 atom stereocenters. The maximum atomic E-state index is 12.2. The van der Waals surface area contributed by atoms with Crippen molar-refractivity contribution < 1.29 is 4.79 Å². The van der Waals surface area contributed by atoms with Crippen molar-refractivity contribution >= 4 is 17.2 Å². The highest BCUT2D eigenvalue weighted by atomic mass is 32.1. The van der Waals surface area contributed by atoms with Crippen LogP contribution in [0, 0.1) is 0 Å². The van der Waals surface area contributed by atoms with E-state index < -0.39 is 0 Å². The minimum Gasteiger partial charge on any atom is -0.356 e. The maximum Gasteiger partial charge on any atom is 0.224 e. The van der Waals surface area contributed by atoms with Gasteiger partial charge in [-0.25, -0.2) is 4.98 Å². The first-order chi connectivity index (χ1) is 13.3. The summed E-state index contributed by atoms with van der Waals surface area (Å²) >= 11 is 1.87. The molecule has 1 aromatic carbocycles. The summed E-state index contributed by atoms with van der Waals surface area (Å²) in [6, 6.07) is 12.1. The number of aryl methyl sites for hydroxylation is 3. The summed E-state index contributed by atoms with van der Waals surface area (Å²) in [5.74, 6) is 0.0853. The molecule has 5 heteroatoms. The van der Waals surface area contributed by atoms with E-state index >= 15 is 0 Å². The van der Waals surface area contributed by atoms with Gasteiger partial charge in [0.25, 0.3) is 0 Å². The number of carbonyl (C=O) groups is 1. The molecule has 0 radical (unpaired) electrons. The molecule has 0 unspecified atom stereocenters. The molecule has 140 valence electrons. The molecule has 2 aromatic heterocycles. The molecule has 0 spiro atoms. The predicted octanol–water partition coefficient (Wildman–Crippen LogP) is 4.10. The zero-order valence-electron chi connectivity index (χ0n) is 15.5. The lowest BCUT2D eigenvalue weighted by molar-refractivity contribution is -0.120. The standard InChI is InChI=1S/C22H25N3OS/c26-21(16-17-9-11-18(12-10-17)25-14-3-4-15-25)23-13-5-8-22-24-19-6-1-2-7-20(19)27-22/h3-4,9-12,14-15H,1-2,5-8,13,16H2,(H,23,26). The average Bonchev–Trinajstić information content (AvgIpc) is 3.35. The third-order valence-electron chi connectivity index (χ3n) is 4.98. The normalized spacial score (nSPS) is 13.3. The molecule has 3 aromatic rings. The van der Waals surface area contributed by atoms with E-state index in [1.54, 1.807) is 0 Å². The smallest absolute Gasteiger partial charge is 0.224 e. The van der Waals surface area contributed by atoms with Crippen molar-refractivity contribution in [1.82, 2.24) is 14.9 Å². The summed E-state index contributed by atoms with van der Waals surface area (Å²) in [6.07, 6.45) is 11.3. The Kier molecular flexibility index (Phi) is 5.68. The van der Waals surface area contributed by atoms with Crippen molar-refractivity contribution in [1.29, 1.82) is 0 Å². The van der Waals surface area contributed by atoms with Gasteiger partial charge >= 0.3 is 0 Å². The van der Waals surface area contributed by atoms with Gasteiger partial charge in [0.1, 0.15) is 0 Å². The van der Waals surface area contributed by atoms with Crippen LogP contribution in [0.15, 0.2) is 48.8 Å². The molecule has 0 saturated carbocycles. The van der Waals surface area contributed by atoms with Crippen molar-refractivity contribution in [3.63, 3.8) is 0 Å². The Morgan fingerprint density at radius 1 is 1.11 bits per heavy atom. The summed E-state index contributed by atoms with van der Waals surface area (Å²) in [4.78, 5) is 18.4. The first kappa shape index (κ1) is 18.0. The second-order valence-electron chi connectivity index (χ2n) is 7.07. The second kappa shape index (κ2) is 8.53. The number of aromatic nitrogens is 2. The molecular formula is C22H25N3OS. The van der Waals surface area contributed by atoms with E-state index in [1.165, 1.54) is 34.8 Å². The number of nitrogens with zero attached hydrogens (tertiary/aromatic N) is 2. The van der Waals surface area contributed by atoms with Crippen molar-refractivity contribution in [3.05, 3.63) is 69.9 Å². The molecular weight excluding hydrogens is 354 g/mol. The maximum absolute atomic E-state index is 12.2. The number of amides is 1. The van der Waals surface area contributed by atoms with E-state index in [9.17, 15) is 4.79 Å². The molecule has 27 heavy (non-hydrogen) atoms. The van der Waals surface area contributed by atoms with E-state index in [2.05, 4.69) is 9.88 Å². The van der Waals surface area contributed by atoms with Gasteiger partial charge in [-0.1, -0.05) is 12.1 Å². The topological polar surface area (TPSA) is 46.9 Å². The lowest BCUT2D eigenvalue weighted by atomic mass is 10.0. The molecule has 2 heterocycles. The average molecular weight is 380 g/mol. The van der Waals surface area contributed by atoms with Gasteiger partial charge in [-0.05, 0) is 61.9 Å². The largest absolute Gasteiger partial charge is 0.356 e. The fraction of sp³-hybridized carbons (Fsp3) is 0.364. The van der Waals surface area contributed by atoms with E-state index in [0.29, 0.717) is 13.0 Å². The van der Waals surface area contributed by atoms with E-state index in [0.717, 1.165) is 30.5 Å². The van der Waals surface area contributed by atoms with Crippen LogP contribution < -0.4 is 5.32 Å². The Hall–Kier alpha value is -2.40. The number of benzene rings is 1. The van der Waals surface area contributed by atoms with Crippen LogP contribution in [0.4, 0.5) is 0 Å². The molecule has 4 rings (SSSR count). The van der Waals surface area contributed by atoms with Gasteiger partial charge in [-0.3, -0.25) is 4.79 Å².